The molecular weight excluding hydrogens is 349 g/mol. The SMILES string of the molecule is CCOC(=O)C[C@H](NC(=O)CN)c1cc(C)c[c-]c1O.[Y]. The molecule has 0 bridgehead atoms. The molecule has 21 heavy (non-hydrogen) atoms. The van der Waals surface area contributed by atoms with Crippen molar-refractivity contribution in [3.05, 3.63) is 29.3 Å². The van der Waals surface area contributed by atoms with Crippen LogP contribution in [0.5, 0.6) is 5.75 Å². The first kappa shape index (κ1) is 20.0. The molecule has 7 heteroatoms. The zero-order chi connectivity index (χ0) is 15.1. The summed E-state index contributed by atoms with van der Waals surface area (Å²) < 4.78 is 4.87. The number of aromatic hydroxyl groups is 1. The number of carbonyl (C=O) groups is 2. The smallest absolute Gasteiger partial charge is 0.307 e. The van der Waals surface area contributed by atoms with Crippen LogP contribution in [0.25, 0.3) is 0 Å². The summed E-state index contributed by atoms with van der Waals surface area (Å²) in [7, 11) is 0. The van der Waals surface area contributed by atoms with E-state index in [0.717, 1.165) is 5.56 Å². The van der Waals surface area contributed by atoms with E-state index in [-0.39, 0.29) is 58.0 Å². The van der Waals surface area contributed by atoms with E-state index in [4.69, 9.17) is 10.5 Å². The molecule has 1 radical (unpaired) electrons. The number of phenols is 1. The Bertz CT molecular complexity index is 494. The van der Waals surface area contributed by atoms with E-state index in [1.807, 2.05) is 6.92 Å². The fraction of sp³-hybridized carbons (Fsp3) is 0.429. The normalized spacial score (nSPS) is 11.2. The molecule has 6 nitrogen and oxygen atoms in total. The van der Waals surface area contributed by atoms with Crippen molar-refractivity contribution >= 4 is 11.9 Å². The number of nitrogens with one attached hydrogen (secondary N) is 1. The zero-order valence-corrected chi connectivity index (χ0v) is 15.0. The van der Waals surface area contributed by atoms with Gasteiger partial charge in [0, 0.05) is 44.5 Å². The molecule has 0 aliphatic carbocycles. The van der Waals surface area contributed by atoms with Gasteiger partial charge in [-0.2, -0.15) is 17.7 Å². The molecule has 0 spiro atoms. The fourth-order valence-corrected chi connectivity index (χ4v) is 1.77. The zero-order valence-electron chi connectivity index (χ0n) is 12.2. The topological polar surface area (TPSA) is 102 Å². The Morgan fingerprint density at radius 3 is 2.76 bits per heavy atom. The molecule has 0 aliphatic heterocycles. The summed E-state index contributed by atoms with van der Waals surface area (Å²) in [5.41, 5.74) is 6.53. The summed E-state index contributed by atoms with van der Waals surface area (Å²) in [6.07, 6.45) is -0.0789. The molecule has 0 saturated carbocycles. The van der Waals surface area contributed by atoms with Gasteiger partial charge in [-0.1, -0.05) is 12.5 Å². The Kier molecular flexibility index (Phi) is 9.41. The van der Waals surface area contributed by atoms with Crippen molar-refractivity contribution in [2.45, 2.75) is 26.3 Å². The minimum atomic E-state index is -0.693. The van der Waals surface area contributed by atoms with Crippen LogP contribution < -0.4 is 11.1 Å². The van der Waals surface area contributed by atoms with Gasteiger partial charge in [0.25, 0.3) is 0 Å². The molecule has 1 rings (SSSR count). The maximum Gasteiger partial charge on any atom is 0.307 e. The Morgan fingerprint density at radius 1 is 1.52 bits per heavy atom. The van der Waals surface area contributed by atoms with Crippen LogP contribution in [-0.4, -0.2) is 30.1 Å². The number of phenolic OH excluding ortho intramolecular Hbond substituents is 1. The molecule has 0 fully saturated rings. The number of nitrogens with two attached hydrogens (primary N) is 1. The Morgan fingerprint density at radius 2 is 2.19 bits per heavy atom. The van der Waals surface area contributed by atoms with Crippen LogP contribution in [-0.2, 0) is 47.0 Å². The molecule has 0 aliphatic rings. The molecule has 1 aromatic carbocycles. The molecule has 0 unspecified atom stereocenters. The van der Waals surface area contributed by atoms with Crippen LogP contribution >= 0.6 is 0 Å². The molecule has 0 aromatic heterocycles. The van der Waals surface area contributed by atoms with E-state index in [9.17, 15) is 14.7 Å². The Hall–Kier alpha value is -0.976. The van der Waals surface area contributed by atoms with E-state index in [2.05, 4.69) is 11.4 Å². The predicted molar refractivity (Wildman–Crippen MR) is 72.9 cm³/mol. The molecule has 113 valence electrons. The Balaban J connectivity index is 0.00000400. The minimum Gasteiger partial charge on any atom is -0.534 e. The van der Waals surface area contributed by atoms with E-state index < -0.39 is 17.9 Å². The van der Waals surface area contributed by atoms with Gasteiger partial charge in [-0.3, -0.25) is 9.59 Å². The van der Waals surface area contributed by atoms with Gasteiger partial charge in [-0.25, -0.2) is 0 Å². The molecule has 1 aromatic rings. The quantitative estimate of drug-likeness (QED) is 0.503. The van der Waals surface area contributed by atoms with Crippen LogP contribution in [0.3, 0.4) is 0 Å². The maximum atomic E-state index is 11.6. The second kappa shape index (κ2) is 9.87. The van der Waals surface area contributed by atoms with E-state index in [1.165, 1.54) is 0 Å². The van der Waals surface area contributed by atoms with Gasteiger partial charge in [0.1, 0.15) is 0 Å². The number of carbonyl (C=O) groups excluding carboxylic acids is 2. The molecule has 1 atom stereocenters. The number of esters is 1. The summed E-state index contributed by atoms with van der Waals surface area (Å²) in [6, 6.07) is 5.28. The second-order valence-corrected chi connectivity index (χ2v) is 4.31. The summed E-state index contributed by atoms with van der Waals surface area (Å²) >= 11 is 0. The standard InChI is InChI=1S/C14H19N2O4.Y/c1-3-20-14(19)7-11(16-13(18)8-15)10-6-9(2)4-5-12(10)17;/h4,6,11,17H,3,7-8,15H2,1-2H3,(H,16,18);/q-1;/t11-;/m0./s1. The minimum absolute atomic E-state index is 0. The van der Waals surface area contributed by atoms with Crippen LogP contribution in [0.1, 0.15) is 30.5 Å². The summed E-state index contributed by atoms with van der Waals surface area (Å²) in [5.74, 6) is -0.988. The van der Waals surface area contributed by atoms with Gasteiger partial charge < -0.3 is 20.9 Å². The fourth-order valence-electron chi connectivity index (χ4n) is 1.77. The first-order valence-electron chi connectivity index (χ1n) is 6.34. The third-order valence-electron chi connectivity index (χ3n) is 2.67. The van der Waals surface area contributed by atoms with Crippen molar-refractivity contribution in [2.24, 2.45) is 5.73 Å². The van der Waals surface area contributed by atoms with Crippen molar-refractivity contribution in [3.8, 4) is 5.75 Å². The van der Waals surface area contributed by atoms with Crippen molar-refractivity contribution in [2.75, 3.05) is 13.2 Å². The van der Waals surface area contributed by atoms with Crippen LogP contribution in [0.15, 0.2) is 12.1 Å². The van der Waals surface area contributed by atoms with Crippen molar-refractivity contribution in [1.29, 1.82) is 0 Å². The molecule has 4 N–H and O–H groups in total. The largest absolute Gasteiger partial charge is 0.534 e. The molecule has 0 saturated heterocycles. The van der Waals surface area contributed by atoms with Crippen molar-refractivity contribution in [3.63, 3.8) is 0 Å². The summed E-state index contributed by atoms with van der Waals surface area (Å²) in [4.78, 5) is 23.0. The van der Waals surface area contributed by atoms with E-state index >= 15 is 0 Å². The first-order chi connectivity index (χ1) is 9.47. The van der Waals surface area contributed by atoms with E-state index in [0.29, 0.717) is 5.56 Å². The number of rotatable bonds is 6. The van der Waals surface area contributed by atoms with Gasteiger partial charge in [0.2, 0.25) is 5.91 Å². The predicted octanol–water partition coefficient (Wildman–Crippen LogP) is 0.568. The van der Waals surface area contributed by atoms with Crippen LogP contribution in [0, 0.1) is 13.0 Å². The number of hydrogen-bond acceptors (Lipinski definition) is 5. The first-order valence-corrected chi connectivity index (χ1v) is 6.34. The van der Waals surface area contributed by atoms with Gasteiger partial charge in [-0.15, -0.1) is 6.07 Å². The van der Waals surface area contributed by atoms with Gasteiger partial charge >= 0.3 is 5.97 Å². The third kappa shape index (κ3) is 6.54. The van der Waals surface area contributed by atoms with Gasteiger partial charge in [0.15, 0.2) is 0 Å². The van der Waals surface area contributed by atoms with Gasteiger partial charge in [-0.05, 0) is 6.92 Å². The van der Waals surface area contributed by atoms with E-state index in [1.54, 1.807) is 19.1 Å². The van der Waals surface area contributed by atoms with Crippen LogP contribution in [0.2, 0.25) is 0 Å². The second-order valence-electron chi connectivity index (χ2n) is 4.31. The number of ether oxygens (including phenoxy) is 1. The van der Waals surface area contributed by atoms with Crippen molar-refractivity contribution in [1.82, 2.24) is 5.32 Å². The number of amides is 1. The average molecular weight is 368 g/mol. The maximum absolute atomic E-state index is 11.6. The van der Waals surface area contributed by atoms with Gasteiger partial charge in [0.05, 0.1) is 19.6 Å². The summed E-state index contributed by atoms with van der Waals surface area (Å²) in [5, 5.41) is 12.4. The molecule has 0 heterocycles. The Labute approximate surface area is 149 Å². The number of aryl methyl sites for hydroxylation is 1. The number of hydrogen-bond donors (Lipinski definition) is 3. The molecular formula is C14H19N2O4Y-. The average Bonchev–Trinajstić information content (AvgIpc) is 2.41. The van der Waals surface area contributed by atoms with Crippen molar-refractivity contribution < 1.29 is 52.1 Å². The van der Waals surface area contributed by atoms with Crippen LogP contribution in [0.4, 0.5) is 0 Å². The summed E-state index contributed by atoms with van der Waals surface area (Å²) in [6.45, 7) is 3.58. The molecule has 1 amide bonds. The number of benzene rings is 1. The monoisotopic (exact) mass is 368 g/mol. The third-order valence-corrected chi connectivity index (χ3v) is 2.67.